The van der Waals surface area contributed by atoms with Crippen molar-refractivity contribution in [3.05, 3.63) is 35.6 Å². The van der Waals surface area contributed by atoms with Crippen molar-refractivity contribution < 1.29 is 9.18 Å². The Labute approximate surface area is 108 Å². The molecule has 1 amide bonds. The molecule has 0 heterocycles. The van der Waals surface area contributed by atoms with E-state index in [4.69, 9.17) is 0 Å². The first-order valence-electron chi connectivity index (χ1n) is 6.36. The van der Waals surface area contributed by atoms with Crippen LogP contribution in [0.1, 0.15) is 32.3 Å². The van der Waals surface area contributed by atoms with Gasteiger partial charge in [0.25, 0.3) is 0 Å². The Kier molecular flexibility index (Phi) is 6.36. The Balaban J connectivity index is 2.17. The van der Waals surface area contributed by atoms with Gasteiger partial charge in [-0.1, -0.05) is 19.1 Å². The van der Waals surface area contributed by atoms with E-state index in [1.165, 1.54) is 12.1 Å². The van der Waals surface area contributed by atoms with Gasteiger partial charge in [-0.25, -0.2) is 4.39 Å². The van der Waals surface area contributed by atoms with Crippen LogP contribution in [0.4, 0.5) is 4.39 Å². The van der Waals surface area contributed by atoms with Gasteiger partial charge in [0.15, 0.2) is 0 Å². The molecule has 3 nitrogen and oxygen atoms in total. The summed E-state index contributed by atoms with van der Waals surface area (Å²) < 4.78 is 12.9. The lowest BCUT2D eigenvalue weighted by atomic mass is 10.2. The second-order valence-electron chi connectivity index (χ2n) is 4.43. The minimum Gasteiger partial charge on any atom is -0.354 e. The zero-order valence-electron chi connectivity index (χ0n) is 11.0. The first-order chi connectivity index (χ1) is 8.61. The average molecular weight is 252 g/mol. The number of nitrogens with one attached hydrogen (secondary N) is 2. The maximum atomic E-state index is 12.9. The summed E-state index contributed by atoms with van der Waals surface area (Å²) in [5.74, 6) is -0.181. The third-order valence-corrected chi connectivity index (χ3v) is 2.77. The molecule has 0 aromatic heterocycles. The lowest BCUT2D eigenvalue weighted by Crippen LogP contribution is -2.33. The van der Waals surface area contributed by atoms with Crippen LogP contribution in [0.15, 0.2) is 24.3 Å². The van der Waals surface area contributed by atoms with Crippen LogP contribution >= 0.6 is 0 Å². The summed E-state index contributed by atoms with van der Waals surface area (Å²) in [5.41, 5.74) is 0.886. The molecule has 1 aromatic carbocycles. The van der Waals surface area contributed by atoms with Crippen LogP contribution in [0.3, 0.4) is 0 Å². The summed E-state index contributed by atoms with van der Waals surface area (Å²) in [4.78, 5) is 11.5. The third-order valence-electron chi connectivity index (χ3n) is 2.77. The molecule has 18 heavy (non-hydrogen) atoms. The minimum atomic E-state index is -0.233. The molecule has 1 rings (SSSR count). The van der Waals surface area contributed by atoms with Crippen LogP contribution in [-0.4, -0.2) is 18.5 Å². The summed E-state index contributed by atoms with van der Waals surface area (Å²) in [6.45, 7) is 5.19. The molecule has 1 unspecified atom stereocenters. The summed E-state index contributed by atoms with van der Waals surface area (Å²) in [7, 11) is 0. The summed E-state index contributed by atoms with van der Waals surface area (Å²) in [6, 6.07) is 6.67. The Morgan fingerprint density at radius 1 is 1.44 bits per heavy atom. The topological polar surface area (TPSA) is 41.1 Å². The quantitative estimate of drug-likeness (QED) is 0.731. The van der Waals surface area contributed by atoms with E-state index in [9.17, 15) is 9.18 Å². The number of hydrogen-bond donors (Lipinski definition) is 2. The fourth-order valence-electron chi connectivity index (χ4n) is 1.53. The van der Waals surface area contributed by atoms with Gasteiger partial charge >= 0.3 is 0 Å². The van der Waals surface area contributed by atoms with Gasteiger partial charge in [-0.15, -0.1) is 0 Å². The molecule has 0 fully saturated rings. The molecule has 0 aliphatic carbocycles. The fourth-order valence-corrected chi connectivity index (χ4v) is 1.53. The van der Waals surface area contributed by atoms with Crippen molar-refractivity contribution >= 4 is 5.91 Å². The van der Waals surface area contributed by atoms with Gasteiger partial charge < -0.3 is 10.6 Å². The normalized spacial score (nSPS) is 12.2. The molecule has 0 radical (unpaired) electrons. The van der Waals surface area contributed by atoms with Crippen LogP contribution in [-0.2, 0) is 11.3 Å². The highest BCUT2D eigenvalue weighted by Crippen LogP contribution is 2.02. The maximum absolute atomic E-state index is 12.9. The van der Waals surface area contributed by atoms with Crippen LogP contribution < -0.4 is 10.6 Å². The number of benzene rings is 1. The Morgan fingerprint density at radius 2 is 2.22 bits per heavy atom. The highest BCUT2D eigenvalue weighted by molar-refractivity contribution is 5.76. The lowest BCUT2D eigenvalue weighted by Gasteiger charge is -2.11. The van der Waals surface area contributed by atoms with E-state index < -0.39 is 0 Å². The Morgan fingerprint density at radius 3 is 2.89 bits per heavy atom. The van der Waals surface area contributed by atoms with Gasteiger partial charge in [-0.05, 0) is 31.0 Å². The van der Waals surface area contributed by atoms with Gasteiger partial charge in [-0.3, -0.25) is 4.79 Å². The molecule has 0 aliphatic rings. The van der Waals surface area contributed by atoms with E-state index in [1.807, 2.05) is 19.9 Å². The van der Waals surface area contributed by atoms with E-state index in [-0.39, 0.29) is 17.8 Å². The Bertz CT molecular complexity index is 382. The number of rotatable bonds is 7. The van der Waals surface area contributed by atoms with Crippen molar-refractivity contribution in [2.45, 2.75) is 39.3 Å². The largest absolute Gasteiger partial charge is 0.354 e. The van der Waals surface area contributed by atoms with Crippen molar-refractivity contribution in [3.8, 4) is 0 Å². The van der Waals surface area contributed by atoms with Gasteiger partial charge in [0.1, 0.15) is 5.82 Å². The van der Waals surface area contributed by atoms with E-state index >= 15 is 0 Å². The molecule has 0 saturated heterocycles. The number of carbonyl (C=O) groups excluding carboxylic acids is 1. The van der Waals surface area contributed by atoms with Gasteiger partial charge in [-0.2, -0.15) is 0 Å². The SMILES string of the molecule is CCC(C)NC(=O)CCNCc1cccc(F)c1. The van der Waals surface area contributed by atoms with E-state index in [2.05, 4.69) is 10.6 Å². The predicted octanol–water partition coefficient (Wildman–Crippen LogP) is 2.22. The predicted molar refractivity (Wildman–Crippen MR) is 70.6 cm³/mol. The van der Waals surface area contributed by atoms with Gasteiger partial charge in [0.2, 0.25) is 5.91 Å². The number of halogens is 1. The molecular weight excluding hydrogens is 231 g/mol. The monoisotopic (exact) mass is 252 g/mol. The highest BCUT2D eigenvalue weighted by atomic mass is 19.1. The van der Waals surface area contributed by atoms with Gasteiger partial charge in [0.05, 0.1) is 0 Å². The van der Waals surface area contributed by atoms with E-state index in [0.717, 1.165) is 12.0 Å². The van der Waals surface area contributed by atoms with E-state index in [1.54, 1.807) is 6.07 Å². The fraction of sp³-hybridized carbons (Fsp3) is 0.500. The number of amides is 1. The summed E-state index contributed by atoms with van der Waals surface area (Å²) in [6.07, 6.45) is 1.38. The molecule has 1 atom stereocenters. The van der Waals surface area contributed by atoms with Crippen molar-refractivity contribution in [2.24, 2.45) is 0 Å². The lowest BCUT2D eigenvalue weighted by molar-refractivity contribution is -0.121. The van der Waals surface area contributed by atoms with Crippen molar-refractivity contribution in [3.63, 3.8) is 0 Å². The molecule has 2 N–H and O–H groups in total. The zero-order valence-corrected chi connectivity index (χ0v) is 11.0. The smallest absolute Gasteiger partial charge is 0.221 e. The van der Waals surface area contributed by atoms with Crippen molar-refractivity contribution in [1.82, 2.24) is 10.6 Å². The van der Waals surface area contributed by atoms with Crippen LogP contribution in [0.5, 0.6) is 0 Å². The first-order valence-corrected chi connectivity index (χ1v) is 6.36. The zero-order chi connectivity index (χ0) is 13.4. The molecular formula is C14H21FN2O. The average Bonchev–Trinajstić information content (AvgIpc) is 2.34. The van der Waals surface area contributed by atoms with Crippen LogP contribution in [0.2, 0.25) is 0 Å². The summed E-state index contributed by atoms with van der Waals surface area (Å²) in [5, 5.41) is 6.02. The van der Waals surface area contributed by atoms with Crippen LogP contribution in [0, 0.1) is 5.82 Å². The van der Waals surface area contributed by atoms with E-state index in [0.29, 0.717) is 19.5 Å². The second-order valence-corrected chi connectivity index (χ2v) is 4.43. The van der Waals surface area contributed by atoms with Gasteiger partial charge in [0, 0.05) is 25.6 Å². The standard InChI is InChI=1S/C14H21FN2O/c1-3-11(2)17-14(18)7-8-16-10-12-5-4-6-13(15)9-12/h4-6,9,11,16H,3,7-8,10H2,1-2H3,(H,17,18). The third kappa shape index (κ3) is 5.77. The van der Waals surface area contributed by atoms with Crippen LogP contribution in [0.25, 0.3) is 0 Å². The van der Waals surface area contributed by atoms with Crippen molar-refractivity contribution in [2.75, 3.05) is 6.54 Å². The molecule has 0 aliphatic heterocycles. The number of carbonyl (C=O) groups is 1. The van der Waals surface area contributed by atoms with Crippen molar-refractivity contribution in [1.29, 1.82) is 0 Å². The maximum Gasteiger partial charge on any atom is 0.221 e. The highest BCUT2D eigenvalue weighted by Gasteiger charge is 2.04. The Hall–Kier alpha value is -1.42. The minimum absolute atomic E-state index is 0.0519. The molecule has 1 aromatic rings. The number of hydrogen-bond acceptors (Lipinski definition) is 2. The molecule has 4 heteroatoms. The molecule has 100 valence electrons. The first kappa shape index (κ1) is 14.6. The second kappa shape index (κ2) is 7.82. The molecule has 0 spiro atoms. The molecule has 0 bridgehead atoms. The molecule has 0 saturated carbocycles. The summed E-state index contributed by atoms with van der Waals surface area (Å²) >= 11 is 0.